The molecule has 0 atom stereocenters. The van der Waals surface area contributed by atoms with Crippen molar-refractivity contribution in [1.82, 2.24) is 0 Å². The molecule has 2 aromatic carbocycles. The third-order valence-corrected chi connectivity index (χ3v) is 3.55. The van der Waals surface area contributed by atoms with E-state index in [0.717, 1.165) is 5.56 Å². The fourth-order valence-electron chi connectivity index (χ4n) is 2.63. The highest BCUT2D eigenvalue weighted by atomic mass is 16.7. The van der Waals surface area contributed by atoms with Crippen molar-refractivity contribution in [2.24, 2.45) is 10.9 Å². The van der Waals surface area contributed by atoms with Crippen molar-refractivity contribution in [3.63, 3.8) is 0 Å². The molecule has 1 aliphatic rings. The van der Waals surface area contributed by atoms with Gasteiger partial charge in [-0.15, -0.1) is 0 Å². The van der Waals surface area contributed by atoms with E-state index >= 15 is 0 Å². The highest BCUT2D eigenvalue weighted by Gasteiger charge is 2.27. The summed E-state index contributed by atoms with van der Waals surface area (Å²) in [5.74, 6) is -0.501. The number of benzene rings is 2. The van der Waals surface area contributed by atoms with Gasteiger partial charge >= 0.3 is 12.0 Å². The van der Waals surface area contributed by atoms with Gasteiger partial charge in [0.2, 0.25) is 0 Å². The second-order valence-electron chi connectivity index (χ2n) is 5.12. The third kappa shape index (κ3) is 2.78. The van der Waals surface area contributed by atoms with Crippen LogP contribution < -0.4 is 10.6 Å². The van der Waals surface area contributed by atoms with Crippen molar-refractivity contribution in [2.45, 2.75) is 13.3 Å². The van der Waals surface area contributed by atoms with Gasteiger partial charge in [-0.1, -0.05) is 41.6 Å². The molecule has 6 heteroatoms. The number of urea groups is 1. The second-order valence-corrected chi connectivity index (χ2v) is 5.12. The molecule has 3 rings (SSSR count). The zero-order chi connectivity index (χ0) is 16.4. The number of nitrogens with two attached hydrogens (primary N) is 1. The number of para-hydroxylation sites is 2. The van der Waals surface area contributed by atoms with Crippen LogP contribution in [0.25, 0.3) is 0 Å². The topological polar surface area (TPSA) is 85.0 Å². The molecule has 0 saturated heterocycles. The fourth-order valence-corrected chi connectivity index (χ4v) is 2.63. The highest BCUT2D eigenvalue weighted by Crippen LogP contribution is 2.35. The number of carbonyl (C=O) groups is 2. The van der Waals surface area contributed by atoms with Crippen molar-refractivity contribution in [1.29, 1.82) is 0 Å². The lowest BCUT2D eigenvalue weighted by Crippen LogP contribution is -2.32. The van der Waals surface area contributed by atoms with Gasteiger partial charge in [0.1, 0.15) is 0 Å². The van der Waals surface area contributed by atoms with Gasteiger partial charge in [-0.3, -0.25) is 4.90 Å². The van der Waals surface area contributed by atoms with Gasteiger partial charge in [-0.2, -0.15) is 0 Å². The number of hydrogen-bond donors (Lipinski definition) is 1. The van der Waals surface area contributed by atoms with Crippen LogP contribution in [0.4, 0.5) is 16.2 Å². The Morgan fingerprint density at radius 1 is 1.09 bits per heavy atom. The van der Waals surface area contributed by atoms with Gasteiger partial charge in [-0.05, 0) is 17.7 Å². The largest absolute Gasteiger partial charge is 0.351 e. The summed E-state index contributed by atoms with van der Waals surface area (Å²) >= 11 is 0. The van der Waals surface area contributed by atoms with Gasteiger partial charge in [0.25, 0.3) is 0 Å². The number of anilines is 2. The molecule has 0 unspecified atom stereocenters. The van der Waals surface area contributed by atoms with Crippen LogP contribution in [0.1, 0.15) is 18.1 Å². The molecule has 0 fully saturated rings. The quantitative estimate of drug-likeness (QED) is 0.649. The molecule has 6 nitrogen and oxygen atoms in total. The maximum atomic E-state index is 12.0. The van der Waals surface area contributed by atoms with Crippen molar-refractivity contribution in [2.75, 3.05) is 4.90 Å². The Labute approximate surface area is 133 Å². The Bertz CT molecular complexity index is 814. The maximum absolute atomic E-state index is 12.0. The SMILES string of the molecule is CC(=O)O/N=C1\Cc2ccccc2N(C(N)=O)c2ccccc21. The van der Waals surface area contributed by atoms with E-state index in [0.29, 0.717) is 29.1 Å². The van der Waals surface area contributed by atoms with E-state index in [1.807, 2.05) is 42.5 Å². The van der Waals surface area contributed by atoms with Gasteiger partial charge in [0.15, 0.2) is 0 Å². The van der Waals surface area contributed by atoms with E-state index < -0.39 is 12.0 Å². The zero-order valence-electron chi connectivity index (χ0n) is 12.5. The highest BCUT2D eigenvalue weighted by molar-refractivity contribution is 6.13. The summed E-state index contributed by atoms with van der Waals surface area (Å²) in [7, 11) is 0. The van der Waals surface area contributed by atoms with Crippen LogP contribution >= 0.6 is 0 Å². The summed E-state index contributed by atoms with van der Waals surface area (Å²) in [5, 5.41) is 3.97. The average molecular weight is 309 g/mol. The van der Waals surface area contributed by atoms with E-state index in [1.165, 1.54) is 11.8 Å². The Morgan fingerprint density at radius 2 is 1.74 bits per heavy atom. The lowest BCUT2D eigenvalue weighted by atomic mass is 10.0. The Kier molecular flexibility index (Phi) is 3.80. The number of oxime groups is 1. The number of amides is 2. The van der Waals surface area contributed by atoms with Gasteiger partial charge < -0.3 is 10.6 Å². The molecule has 116 valence electrons. The van der Waals surface area contributed by atoms with Crippen LogP contribution in [-0.4, -0.2) is 17.7 Å². The van der Waals surface area contributed by atoms with Crippen molar-refractivity contribution < 1.29 is 14.4 Å². The summed E-state index contributed by atoms with van der Waals surface area (Å²) in [6, 6.07) is 14.1. The van der Waals surface area contributed by atoms with Crippen LogP contribution in [0.15, 0.2) is 53.7 Å². The minimum absolute atomic E-state index is 0.421. The predicted octanol–water partition coefficient (Wildman–Crippen LogP) is 2.73. The molecule has 1 heterocycles. The van der Waals surface area contributed by atoms with E-state index in [2.05, 4.69) is 5.16 Å². The lowest BCUT2D eigenvalue weighted by Gasteiger charge is -2.22. The van der Waals surface area contributed by atoms with Gasteiger partial charge in [0, 0.05) is 18.9 Å². The standard InChI is InChI=1S/C17H15N3O3/c1-11(21)23-19-14-10-12-6-2-4-8-15(12)20(17(18)22)16-9-5-3-7-13(14)16/h2-9H,10H2,1H3,(H2,18,22)/b19-14+. The minimum atomic E-state index is -0.585. The normalized spacial score (nSPS) is 14.7. The van der Waals surface area contributed by atoms with Crippen LogP contribution in [0, 0.1) is 0 Å². The molecule has 1 aliphatic heterocycles. The average Bonchev–Trinajstić information content (AvgIpc) is 2.67. The first-order valence-electron chi connectivity index (χ1n) is 7.09. The van der Waals surface area contributed by atoms with Gasteiger partial charge in [0.05, 0.1) is 17.1 Å². The lowest BCUT2D eigenvalue weighted by molar-refractivity contribution is -0.140. The Hall–Kier alpha value is -3.15. The number of hydrogen-bond acceptors (Lipinski definition) is 4. The molecule has 2 aromatic rings. The molecular formula is C17H15N3O3. The van der Waals surface area contributed by atoms with Gasteiger partial charge in [-0.25, -0.2) is 9.59 Å². The number of carbonyl (C=O) groups excluding carboxylic acids is 2. The Balaban J connectivity index is 2.24. The summed E-state index contributed by atoms with van der Waals surface area (Å²) in [6.45, 7) is 1.29. The molecule has 2 amide bonds. The van der Waals surface area contributed by atoms with E-state index in [1.54, 1.807) is 6.07 Å². The zero-order valence-corrected chi connectivity index (χ0v) is 12.5. The first-order chi connectivity index (χ1) is 11.1. The summed E-state index contributed by atoms with van der Waals surface area (Å²) in [5.41, 5.74) is 9.03. The molecule has 0 aliphatic carbocycles. The molecule has 0 radical (unpaired) electrons. The van der Waals surface area contributed by atoms with Crippen molar-refractivity contribution in [3.05, 3.63) is 59.7 Å². The summed E-state index contributed by atoms with van der Waals surface area (Å²) < 4.78 is 0. The van der Waals surface area contributed by atoms with Crippen molar-refractivity contribution in [3.8, 4) is 0 Å². The monoisotopic (exact) mass is 309 g/mol. The van der Waals surface area contributed by atoms with Crippen LogP contribution in [-0.2, 0) is 16.1 Å². The molecule has 2 N–H and O–H groups in total. The second kappa shape index (κ2) is 5.92. The summed E-state index contributed by atoms with van der Waals surface area (Å²) in [4.78, 5) is 29.4. The van der Waals surface area contributed by atoms with Crippen LogP contribution in [0.5, 0.6) is 0 Å². The third-order valence-electron chi connectivity index (χ3n) is 3.55. The fraction of sp³-hybridized carbons (Fsp3) is 0.118. The van der Waals surface area contributed by atoms with Crippen LogP contribution in [0.3, 0.4) is 0 Å². The number of nitrogens with zero attached hydrogens (tertiary/aromatic N) is 2. The summed E-state index contributed by atoms with van der Waals surface area (Å²) in [6.07, 6.45) is 0.421. The maximum Gasteiger partial charge on any atom is 0.331 e. The van der Waals surface area contributed by atoms with E-state index in [4.69, 9.17) is 10.6 Å². The smallest absolute Gasteiger partial charge is 0.331 e. The molecule has 0 aromatic heterocycles. The van der Waals surface area contributed by atoms with Crippen LogP contribution in [0.2, 0.25) is 0 Å². The van der Waals surface area contributed by atoms with E-state index in [-0.39, 0.29) is 0 Å². The number of rotatable bonds is 1. The molecular weight excluding hydrogens is 294 g/mol. The first kappa shape index (κ1) is 14.8. The molecule has 0 bridgehead atoms. The molecule has 0 saturated carbocycles. The van der Waals surface area contributed by atoms with E-state index in [9.17, 15) is 9.59 Å². The molecule has 0 spiro atoms. The van der Waals surface area contributed by atoms with Crippen molar-refractivity contribution >= 4 is 29.1 Å². The first-order valence-corrected chi connectivity index (χ1v) is 7.09. The predicted molar refractivity (Wildman–Crippen MR) is 86.6 cm³/mol. The number of fused-ring (bicyclic) bond motifs is 2. The number of primary amides is 1. The minimum Gasteiger partial charge on any atom is -0.351 e. The molecule has 23 heavy (non-hydrogen) atoms. The Morgan fingerprint density at radius 3 is 2.43 bits per heavy atom.